The smallest absolute Gasteiger partial charge is 0.343 e. The van der Waals surface area contributed by atoms with E-state index < -0.39 is 17.9 Å². The molecule has 444 valence electrons. The van der Waals surface area contributed by atoms with Crippen LogP contribution in [0, 0.1) is 0 Å². The minimum atomic E-state index is -0.943. The van der Waals surface area contributed by atoms with Gasteiger partial charge in [-0.15, -0.1) is 23.2 Å². The van der Waals surface area contributed by atoms with Crippen LogP contribution in [0.15, 0.2) is 182 Å². The Bertz CT molecular complexity index is 3140. The van der Waals surface area contributed by atoms with Crippen LogP contribution in [0.4, 0.5) is 0 Å². The minimum Gasteiger partial charge on any atom is -0.508 e. The molecule has 0 spiro atoms. The maximum absolute atomic E-state index is 12.6. The van der Waals surface area contributed by atoms with Gasteiger partial charge in [-0.1, -0.05) is 86.0 Å². The summed E-state index contributed by atoms with van der Waals surface area (Å²) in [5, 5.41) is 18.2. The fraction of sp³-hybridized carbons (Fsp3) is 0.254. The quantitative estimate of drug-likeness (QED) is 0.0153. The van der Waals surface area contributed by atoms with Gasteiger partial charge in [0.25, 0.3) is 0 Å². The number of carboxylic acids is 1. The van der Waals surface area contributed by atoms with Gasteiger partial charge in [0.1, 0.15) is 35.2 Å². The van der Waals surface area contributed by atoms with Crippen molar-refractivity contribution in [3.05, 3.63) is 204 Å². The fourth-order valence-electron chi connectivity index (χ4n) is 8.23. The summed E-state index contributed by atoms with van der Waals surface area (Å²) in [6, 6.07) is 43.0. The minimum absolute atomic E-state index is 0. The Morgan fingerprint density at radius 1 is 0.548 bits per heavy atom. The van der Waals surface area contributed by atoms with Crippen LogP contribution in [0.2, 0.25) is 0 Å². The zero-order valence-corrected chi connectivity index (χ0v) is 48.4. The second-order valence-electron chi connectivity index (χ2n) is 18.9. The first-order chi connectivity index (χ1) is 41.6. The molecule has 17 heteroatoms. The summed E-state index contributed by atoms with van der Waals surface area (Å²) in [5.74, 6) is -0.645. The third-order valence-corrected chi connectivity index (χ3v) is 12.8. The Balaban J connectivity index is 0.000000356. The zero-order valence-electron chi connectivity index (χ0n) is 48.9. The largest absolute Gasteiger partial charge is 0.508 e. The molecule has 2 aliphatic heterocycles. The standard InChI is InChI=1S/C33H32O7.C17H20O5.C16H14O3.CH2Cl2.2H2/c1-23-22-30(40-32(23)35)6-4-3-5-21-38-28-16-14-27(15-17-28)33(36)39-29-18-12-26(13-19-29)25-10-7-24(8-11-25)9-20-31(34)37-2;1-12-11-15(22-17(12)20)5-3-2-4-10-21-14-8-6-13(7-9-14)16(18)19;1-19-16(18)11-4-12-2-5-13(6-3-12)14-7-9-15(17)10-8-14;2-1-3;;/h7-20,30H,1,3-6,21-22H2,2H3;6-9,15H,1-5,10-11H2,(H,18,19);2-11,17H,1H3;1H2;2*1H/b20-9+;;11-4+;;;/i;;;;1+1D;1+1. The molecule has 2 saturated heterocycles. The molecule has 2 atom stereocenters. The van der Waals surface area contributed by atoms with Crippen molar-refractivity contribution in [2.24, 2.45) is 0 Å². The van der Waals surface area contributed by atoms with Gasteiger partial charge in [0, 0.05) is 40.5 Å². The first kappa shape index (κ1) is 64.3. The lowest BCUT2D eigenvalue weighted by Crippen LogP contribution is -2.08. The highest BCUT2D eigenvalue weighted by atomic mass is 35.5. The molecule has 6 aromatic rings. The van der Waals surface area contributed by atoms with Crippen LogP contribution in [0.25, 0.3) is 34.4 Å². The Morgan fingerprint density at radius 3 is 1.26 bits per heavy atom. The van der Waals surface area contributed by atoms with Crippen molar-refractivity contribution in [1.82, 2.24) is 0 Å². The fourth-order valence-corrected chi connectivity index (χ4v) is 8.23. The maximum Gasteiger partial charge on any atom is 0.343 e. The first-order valence-corrected chi connectivity index (χ1v) is 28.1. The lowest BCUT2D eigenvalue weighted by atomic mass is 10.0. The van der Waals surface area contributed by atoms with Crippen LogP contribution in [0.3, 0.4) is 0 Å². The number of halogens is 2. The molecule has 2 unspecified atom stereocenters. The number of carbonyl (C=O) groups is 6. The van der Waals surface area contributed by atoms with Gasteiger partial charge < -0.3 is 43.4 Å². The monoisotopic (exact) mass is 1190 g/mol. The van der Waals surface area contributed by atoms with E-state index in [0.717, 1.165) is 84.7 Å². The summed E-state index contributed by atoms with van der Waals surface area (Å²) in [5.41, 5.74) is 7.66. The number of cyclic esters (lactones) is 2. The number of hydrogen-bond acceptors (Lipinski definition) is 14. The number of aromatic hydroxyl groups is 1. The van der Waals surface area contributed by atoms with Crippen LogP contribution >= 0.6 is 23.2 Å². The van der Waals surface area contributed by atoms with Crippen molar-refractivity contribution < 1.29 is 76.5 Å². The lowest BCUT2D eigenvalue weighted by Gasteiger charge is -2.09. The molecule has 84 heavy (non-hydrogen) atoms. The van der Waals surface area contributed by atoms with E-state index in [2.05, 4.69) is 22.6 Å². The summed E-state index contributed by atoms with van der Waals surface area (Å²) >= 11 is 9.53. The van der Waals surface area contributed by atoms with Gasteiger partial charge in [0.05, 0.1) is 43.9 Å². The van der Waals surface area contributed by atoms with Crippen molar-refractivity contribution in [3.63, 3.8) is 0 Å². The van der Waals surface area contributed by atoms with E-state index in [4.69, 9.17) is 55.0 Å². The van der Waals surface area contributed by atoms with Crippen LogP contribution in [-0.4, -0.2) is 91.0 Å². The third-order valence-electron chi connectivity index (χ3n) is 12.8. The topological polar surface area (TPSA) is 207 Å². The highest BCUT2D eigenvalue weighted by molar-refractivity contribution is 6.40. The van der Waals surface area contributed by atoms with Crippen molar-refractivity contribution in [3.8, 4) is 45.3 Å². The number of carboxylic acid groups (broad SMARTS) is 1. The second-order valence-corrected chi connectivity index (χ2v) is 19.7. The SMILES string of the molecule is C=C1CC(CCCCCOc2ccc(C(=O)O)cc2)OC1=O.C=C1CC(CCCCCOc2ccc(C(=O)Oc3ccc(-c4ccc(/C=C/C(=O)OC)cc4)cc3)cc2)OC1=O.COC(=O)/C=C/c1ccc(-c2ccc(O)cc2)cc1.ClCCl.[2HH].[2H][2H]. The molecule has 2 aliphatic rings. The number of esters is 5. The average molecular weight is 1190 g/mol. The molecule has 0 radical (unpaired) electrons. The Kier molecular flexibility index (Phi) is 27.4. The van der Waals surface area contributed by atoms with Crippen LogP contribution in [0.1, 0.15) is 100 Å². The van der Waals surface area contributed by atoms with Gasteiger partial charge in [-0.3, -0.25) is 0 Å². The Labute approximate surface area is 504 Å². The normalized spacial score (nSPS) is 14.2. The summed E-state index contributed by atoms with van der Waals surface area (Å²) in [4.78, 5) is 68.0. The number of alkyl halides is 2. The second kappa shape index (κ2) is 35.8. The van der Waals surface area contributed by atoms with Crippen LogP contribution in [-0.2, 0) is 38.1 Å². The number of ether oxygens (including phenoxy) is 7. The Hall–Kier alpha value is -8.92. The number of aromatic carboxylic acids is 1. The molecule has 0 aromatic heterocycles. The van der Waals surface area contributed by atoms with Gasteiger partial charge in [-0.05, 0) is 170 Å². The number of hydrogen-bond donors (Lipinski definition) is 2. The van der Waals surface area contributed by atoms with E-state index in [-0.39, 0.29) is 48.2 Å². The highest BCUT2D eigenvalue weighted by Gasteiger charge is 2.27. The number of benzene rings is 6. The van der Waals surface area contributed by atoms with Crippen molar-refractivity contribution in [2.45, 2.75) is 76.4 Å². The highest BCUT2D eigenvalue weighted by Crippen LogP contribution is 2.27. The number of rotatable bonds is 23. The molecule has 15 nitrogen and oxygen atoms in total. The van der Waals surface area contributed by atoms with Crippen molar-refractivity contribution in [2.75, 3.05) is 32.8 Å². The molecule has 8 rings (SSSR count). The van der Waals surface area contributed by atoms with Gasteiger partial charge in [-0.2, -0.15) is 0 Å². The van der Waals surface area contributed by atoms with E-state index in [1.807, 2.05) is 72.8 Å². The summed E-state index contributed by atoms with van der Waals surface area (Å²) in [6.07, 6.45) is 14.8. The molecule has 2 fully saturated rings. The van der Waals surface area contributed by atoms with E-state index in [9.17, 15) is 33.9 Å². The molecule has 0 bridgehead atoms. The molecular weight excluding hydrogens is 1120 g/mol. The molecule has 2 N–H and O–H groups in total. The lowest BCUT2D eigenvalue weighted by molar-refractivity contribution is -0.140. The van der Waals surface area contributed by atoms with Gasteiger partial charge >= 0.3 is 35.8 Å². The van der Waals surface area contributed by atoms with E-state index in [1.165, 1.54) is 38.5 Å². The van der Waals surface area contributed by atoms with E-state index >= 15 is 0 Å². The van der Waals surface area contributed by atoms with Gasteiger partial charge in [0.2, 0.25) is 0 Å². The third kappa shape index (κ3) is 23.5. The molecule has 0 saturated carbocycles. The number of methoxy groups -OCH3 is 2. The molecule has 6 aromatic carbocycles. The molecule has 0 aliphatic carbocycles. The summed E-state index contributed by atoms with van der Waals surface area (Å²) < 4.78 is 46.4. The van der Waals surface area contributed by atoms with Gasteiger partial charge in [0.15, 0.2) is 0 Å². The van der Waals surface area contributed by atoms with E-state index in [0.29, 0.717) is 60.0 Å². The predicted molar refractivity (Wildman–Crippen MR) is 328 cm³/mol. The molecular formula is C67H72Cl2O15. The number of phenols is 1. The molecule has 0 amide bonds. The van der Waals surface area contributed by atoms with E-state index in [1.54, 1.807) is 72.8 Å². The number of phenolic OH excluding ortho intramolecular Hbond substituents is 1. The summed E-state index contributed by atoms with van der Waals surface area (Å²) in [6.45, 7) is 8.52. The maximum atomic E-state index is 12.6. The zero-order chi connectivity index (χ0) is 62.6. The first-order valence-electron chi connectivity index (χ1n) is 28.0. The van der Waals surface area contributed by atoms with Crippen molar-refractivity contribution in [1.29, 1.82) is 0 Å². The molecule has 2 heterocycles. The van der Waals surface area contributed by atoms with Gasteiger partial charge in [-0.25, -0.2) is 28.8 Å². The van der Waals surface area contributed by atoms with Crippen LogP contribution in [0.5, 0.6) is 23.0 Å². The summed E-state index contributed by atoms with van der Waals surface area (Å²) in [7, 11) is 2.69. The Morgan fingerprint density at radius 2 is 0.905 bits per heavy atom. The average Bonchev–Trinajstić information content (AvgIpc) is 4.30. The number of carbonyl (C=O) groups excluding carboxylic acids is 5. The number of unbranched alkanes of at least 4 members (excludes halogenated alkanes) is 4. The van der Waals surface area contributed by atoms with Crippen molar-refractivity contribution >= 4 is 71.2 Å². The predicted octanol–water partition coefficient (Wildman–Crippen LogP) is 14.9. The van der Waals surface area contributed by atoms with Crippen LogP contribution < -0.4 is 14.2 Å².